The van der Waals surface area contributed by atoms with Crippen molar-refractivity contribution in [3.63, 3.8) is 0 Å². The topological polar surface area (TPSA) is 101 Å². The number of carbonyl (C=O) groups is 2. The number of nitro benzene ring substituents is 1. The predicted octanol–water partition coefficient (Wildman–Crippen LogP) is 3.36. The Morgan fingerprint density at radius 2 is 1.88 bits per heavy atom. The minimum atomic E-state index is -0.602. The maximum atomic E-state index is 12.4. The normalized spacial score (nSPS) is 10.9. The quantitative estimate of drug-likeness (QED) is 0.485. The van der Waals surface area contributed by atoms with Gasteiger partial charge in [0, 0.05) is 19.1 Å². The van der Waals surface area contributed by atoms with Crippen molar-refractivity contribution in [2.45, 2.75) is 6.92 Å². The number of carbonyl (C=O) groups excluding carboxylic acids is 2. The summed E-state index contributed by atoms with van der Waals surface area (Å²) in [6, 6.07) is 12.3. The molecule has 2 rings (SSSR count). The van der Waals surface area contributed by atoms with Gasteiger partial charge in [0.15, 0.2) is 0 Å². The van der Waals surface area contributed by atoms with Gasteiger partial charge in [-0.2, -0.15) is 0 Å². The van der Waals surface area contributed by atoms with Gasteiger partial charge in [-0.05, 0) is 23.8 Å². The number of benzene rings is 2. The number of nitrogens with zero attached hydrogens (tertiary/aromatic N) is 1. The van der Waals surface area contributed by atoms with Gasteiger partial charge in [0.1, 0.15) is 5.70 Å². The van der Waals surface area contributed by atoms with Crippen molar-refractivity contribution in [2.24, 2.45) is 0 Å². The number of amides is 2. The molecular formula is C17H14ClN3O4. The summed E-state index contributed by atoms with van der Waals surface area (Å²) in [5.74, 6) is -1.05. The molecule has 0 saturated carbocycles. The molecule has 8 heteroatoms. The van der Waals surface area contributed by atoms with Gasteiger partial charge < -0.3 is 10.6 Å². The minimum absolute atomic E-state index is 0.0621. The van der Waals surface area contributed by atoms with Crippen LogP contribution < -0.4 is 10.6 Å². The second kappa shape index (κ2) is 8.07. The van der Waals surface area contributed by atoms with E-state index >= 15 is 0 Å². The van der Waals surface area contributed by atoms with E-state index in [4.69, 9.17) is 11.6 Å². The molecule has 25 heavy (non-hydrogen) atoms. The van der Waals surface area contributed by atoms with Crippen LogP contribution in [0.3, 0.4) is 0 Å². The fourth-order valence-corrected chi connectivity index (χ4v) is 2.18. The molecule has 0 aliphatic heterocycles. The van der Waals surface area contributed by atoms with Crippen LogP contribution in [0.1, 0.15) is 12.5 Å². The Bertz CT molecular complexity index is 864. The van der Waals surface area contributed by atoms with Gasteiger partial charge in [-0.1, -0.05) is 35.9 Å². The van der Waals surface area contributed by atoms with Crippen molar-refractivity contribution >= 4 is 40.9 Å². The maximum absolute atomic E-state index is 12.4. The van der Waals surface area contributed by atoms with Crippen molar-refractivity contribution in [2.75, 3.05) is 5.32 Å². The third kappa shape index (κ3) is 5.15. The van der Waals surface area contributed by atoms with Crippen LogP contribution in [0.4, 0.5) is 11.4 Å². The molecule has 0 atom stereocenters. The number of non-ortho nitro benzene ring substituents is 1. The Labute approximate surface area is 148 Å². The second-order valence-corrected chi connectivity index (χ2v) is 5.43. The Morgan fingerprint density at radius 3 is 2.52 bits per heavy atom. The van der Waals surface area contributed by atoms with Gasteiger partial charge in [-0.15, -0.1) is 0 Å². The van der Waals surface area contributed by atoms with Crippen LogP contribution in [0.2, 0.25) is 5.02 Å². The summed E-state index contributed by atoms with van der Waals surface area (Å²) in [7, 11) is 0. The summed E-state index contributed by atoms with van der Waals surface area (Å²) >= 11 is 6.00. The van der Waals surface area contributed by atoms with Crippen LogP contribution in [0.5, 0.6) is 0 Å². The van der Waals surface area contributed by atoms with Crippen LogP contribution in [-0.2, 0) is 9.59 Å². The highest BCUT2D eigenvalue weighted by Gasteiger charge is 2.14. The van der Waals surface area contributed by atoms with Crippen molar-refractivity contribution in [1.82, 2.24) is 5.32 Å². The summed E-state index contributed by atoms with van der Waals surface area (Å²) in [6.45, 7) is 1.25. The summed E-state index contributed by atoms with van der Waals surface area (Å²) in [6.07, 6.45) is 1.35. The fraction of sp³-hybridized carbons (Fsp3) is 0.0588. The van der Waals surface area contributed by atoms with E-state index in [1.165, 1.54) is 31.2 Å². The average molecular weight is 360 g/mol. The van der Waals surface area contributed by atoms with Crippen LogP contribution in [-0.4, -0.2) is 16.7 Å². The summed E-state index contributed by atoms with van der Waals surface area (Å²) in [4.78, 5) is 34.1. The third-order valence-electron chi connectivity index (χ3n) is 3.07. The van der Waals surface area contributed by atoms with Crippen LogP contribution in [0.25, 0.3) is 6.08 Å². The number of halogens is 1. The van der Waals surface area contributed by atoms with Gasteiger partial charge in [0.2, 0.25) is 5.91 Å². The molecule has 2 amide bonds. The number of rotatable bonds is 5. The number of anilines is 1. The van der Waals surface area contributed by atoms with Crippen molar-refractivity contribution in [3.8, 4) is 0 Å². The number of nitrogens with one attached hydrogen (secondary N) is 2. The molecular weight excluding hydrogens is 346 g/mol. The molecule has 0 saturated heterocycles. The van der Waals surface area contributed by atoms with E-state index < -0.39 is 16.7 Å². The molecule has 0 bridgehead atoms. The SMILES string of the molecule is CC(=O)N/C(=C/c1cccc([N+](=O)[O-])c1)C(=O)Nc1ccccc1Cl. The summed E-state index contributed by atoms with van der Waals surface area (Å²) < 4.78 is 0. The van der Waals surface area contributed by atoms with E-state index in [1.807, 2.05) is 0 Å². The molecule has 0 aromatic heterocycles. The molecule has 0 radical (unpaired) electrons. The summed E-state index contributed by atoms with van der Waals surface area (Å²) in [5, 5.41) is 16.2. The van der Waals surface area contributed by atoms with Crippen LogP contribution in [0, 0.1) is 10.1 Å². The first-order valence-corrected chi connectivity index (χ1v) is 7.54. The van der Waals surface area contributed by atoms with E-state index in [9.17, 15) is 19.7 Å². The van der Waals surface area contributed by atoms with Crippen molar-refractivity contribution in [3.05, 3.63) is 74.9 Å². The zero-order chi connectivity index (χ0) is 18.4. The Balaban J connectivity index is 2.33. The molecule has 2 N–H and O–H groups in total. The zero-order valence-electron chi connectivity index (χ0n) is 13.2. The molecule has 0 unspecified atom stereocenters. The van der Waals surface area contributed by atoms with Gasteiger partial charge in [-0.25, -0.2) is 0 Å². The van der Waals surface area contributed by atoms with Crippen molar-refractivity contribution < 1.29 is 14.5 Å². The lowest BCUT2D eigenvalue weighted by atomic mass is 10.1. The van der Waals surface area contributed by atoms with Crippen LogP contribution in [0.15, 0.2) is 54.2 Å². The van der Waals surface area contributed by atoms with Gasteiger partial charge in [-0.3, -0.25) is 19.7 Å². The van der Waals surface area contributed by atoms with Gasteiger partial charge in [0.25, 0.3) is 11.6 Å². The first kappa shape index (κ1) is 18.2. The zero-order valence-corrected chi connectivity index (χ0v) is 13.9. The first-order valence-electron chi connectivity index (χ1n) is 7.16. The van der Waals surface area contributed by atoms with E-state index in [-0.39, 0.29) is 11.4 Å². The number of hydrogen-bond donors (Lipinski definition) is 2. The lowest BCUT2D eigenvalue weighted by molar-refractivity contribution is -0.384. The highest BCUT2D eigenvalue weighted by molar-refractivity contribution is 6.34. The van der Waals surface area contributed by atoms with Gasteiger partial charge in [0.05, 0.1) is 15.6 Å². The fourth-order valence-electron chi connectivity index (χ4n) is 2.00. The largest absolute Gasteiger partial charge is 0.322 e. The Hall–Kier alpha value is -3.19. The molecule has 0 aliphatic carbocycles. The number of nitro groups is 1. The Morgan fingerprint density at radius 1 is 1.16 bits per heavy atom. The molecule has 0 fully saturated rings. The van der Waals surface area contributed by atoms with E-state index in [0.29, 0.717) is 16.3 Å². The third-order valence-corrected chi connectivity index (χ3v) is 3.40. The van der Waals surface area contributed by atoms with E-state index in [2.05, 4.69) is 10.6 Å². The molecule has 0 spiro atoms. The second-order valence-electron chi connectivity index (χ2n) is 5.03. The highest BCUT2D eigenvalue weighted by Crippen LogP contribution is 2.21. The number of para-hydroxylation sites is 1. The lowest BCUT2D eigenvalue weighted by Crippen LogP contribution is -2.29. The standard InChI is InChI=1S/C17H14ClN3O4/c1-11(22)19-16(10-12-5-4-6-13(9-12)21(24)25)17(23)20-15-8-3-2-7-14(15)18/h2-10H,1H3,(H,19,22)(H,20,23)/b16-10+. The lowest BCUT2D eigenvalue weighted by Gasteiger charge is -2.10. The monoisotopic (exact) mass is 359 g/mol. The maximum Gasteiger partial charge on any atom is 0.272 e. The van der Waals surface area contributed by atoms with E-state index in [1.54, 1.807) is 30.3 Å². The molecule has 0 aliphatic rings. The van der Waals surface area contributed by atoms with Crippen molar-refractivity contribution in [1.29, 1.82) is 0 Å². The summed E-state index contributed by atoms with van der Waals surface area (Å²) in [5.41, 5.74) is 0.590. The molecule has 2 aromatic rings. The average Bonchev–Trinajstić information content (AvgIpc) is 2.56. The molecule has 0 heterocycles. The molecule has 7 nitrogen and oxygen atoms in total. The van der Waals surface area contributed by atoms with E-state index in [0.717, 1.165) is 0 Å². The molecule has 128 valence electrons. The van der Waals surface area contributed by atoms with Crippen LogP contribution >= 0.6 is 11.6 Å². The van der Waals surface area contributed by atoms with Gasteiger partial charge >= 0.3 is 0 Å². The minimum Gasteiger partial charge on any atom is -0.322 e. The predicted molar refractivity (Wildman–Crippen MR) is 95.0 cm³/mol. The highest BCUT2D eigenvalue weighted by atomic mass is 35.5. The smallest absolute Gasteiger partial charge is 0.272 e. The molecule has 2 aromatic carbocycles. The first-order chi connectivity index (χ1) is 11.9. The number of hydrogen-bond acceptors (Lipinski definition) is 4. The Kier molecular flexibility index (Phi) is 5.86.